The summed E-state index contributed by atoms with van der Waals surface area (Å²) in [6.45, 7) is 4.55. The van der Waals surface area contributed by atoms with Crippen LogP contribution in [0.25, 0.3) is 11.4 Å². The van der Waals surface area contributed by atoms with Crippen molar-refractivity contribution in [1.82, 2.24) is 24.7 Å². The molecule has 0 spiro atoms. The van der Waals surface area contributed by atoms with E-state index in [1.165, 1.54) is 37.1 Å². The molecule has 0 bridgehead atoms. The fraction of sp³-hybridized carbons (Fsp3) is 0.400. The van der Waals surface area contributed by atoms with Crippen LogP contribution in [0, 0.1) is 0 Å². The highest BCUT2D eigenvalue weighted by Gasteiger charge is 2.19. The Morgan fingerprint density at radius 1 is 1.19 bits per heavy atom. The Balaban J connectivity index is 1.47. The van der Waals surface area contributed by atoms with Crippen molar-refractivity contribution in [3.63, 3.8) is 0 Å². The number of aromatic nitrogens is 5. The minimum atomic E-state index is 0.671. The first-order valence-corrected chi connectivity index (χ1v) is 11.2. The number of pyridine rings is 1. The number of nitrogens with zero attached hydrogens (tertiary/aromatic N) is 5. The molecule has 0 aliphatic heterocycles. The maximum atomic E-state index is 4.90. The molecule has 0 amide bonds. The van der Waals surface area contributed by atoms with Crippen molar-refractivity contribution in [3.8, 4) is 11.4 Å². The molecule has 1 aliphatic carbocycles. The molecule has 4 rings (SSSR count). The second-order valence-corrected chi connectivity index (χ2v) is 8.57. The topological polar surface area (TPSA) is 56.5 Å². The highest BCUT2D eigenvalue weighted by Crippen LogP contribution is 2.35. The van der Waals surface area contributed by atoms with Crippen LogP contribution in [0.2, 0.25) is 0 Å². The first-order valence-electron chi connectivity index (χ1n) is 9.36. The van der Waals surface area contributed by atoms with Crippen molar-refractivity contribution in [2.24, 2.45) is 0 Å². The van der Waals surface area contributed by atoms with Gasteiger partial charge in [0.15, 0.2) is 11.0 Å². The molecule has 1 saturated carbocycles. The summed E-state index contributed by atoms with van der Waals surface area (Å²) in [5.41, 5.74) is 2.16. The molecular weight excluding hydrogens is 374 g/mol. The number of allylic oxidation sites excluding steroid dienone is 1. The van der Waals surface area contributed by atoms with Gasteiger partial charge in [0.05, 0.1) is 10.7 Å². The van der Waals surface area contributed by atoms with Gasteiger partial charge in [0, 0.05) is 41.6 Å². The van der Waals surface area contributed by atoms with Crippen LogP contribution >= 0.6 is 23.1 Å². The number of thiazole rings is 1. The van der Waals surface area contributed by atoms with Gasteiger partial charge < -0.3 is 0 Å². The zero-order chi connectivity index (χ0) is 18.5. The third-order valence-corrected chi connectivity index (χ3v) is 6.90. The van der Waals surface area contributed by atoms with Gasteiger partial charge in [0.25, 0.3) is 0 Å². The molecule has 7 heteroatoms. The van der Waals surface area contributed by atoms with Gasteiger partial charge in [-0.15, -0.1) is 28.1 Å². The van der Waals surface area contributed by atoms with Gasteiger partial charge in [-0.05, 0) is 25.0 Å². The van der Waals surface area contributed by atoms with Crippen molar-refractivity contribution in [3.05, 3.63) is 53.3 Å². The van der Waals surface area contributed by atoms with E-state index < -0.39 is 0 Å². The Kier molecular flexibility index (Phi) is 5.99. The van der Waals surface area contributed by atoms with E-state index in [1.54, 1.807) is 24.2 Å². The number of hydrogen-bond donors (Lipinski definition) is 0. The fourth-order valence-electron chi connectivity index (χ4n) is 3.47. The summed E-state index contributed by atoms with van der Waals surface area (Å²) < 4.78 is 2.10. The lowest BCUT2D eigenvalue weighted by Crippen LogP contribution is -2.04. The van der Waals surface area contributed by atoms with Gasteiger partial charge in [0.1, 0.15) is 0 Å². The van der Waals surface area contributed by atoms with E-state index >= 15 is 0 Å². The van der Waals surface area contributed by atoms with Gasteiger partial charge in [-0.25, -0.2) is 4.98 Å². The predicted molar refractivity (Wildman–Crippen MR) is 111 cm³/mol. The summed E-state index contributed by atoms with van der Waals surface area (Å²) in [4.78, 5) is 8.98. The Hall–Kier alpha value is -1.99. The summed E-state index contributed by atoms with van der Waals surface area (Å²) in [6.07, 6.45) is 12.1. The third kappa shape index (κ3) is 4.30. The standard InChI is InChI=1S/C20H23N5S2/c1-2-12-25-18(15-8-10-21-11-9-15)23-24-20(25)27-14-17-13-26-19(22-17)16-6-4-3-5-7-16/h2,8-11,13,16H,1,3-7,12,14H2. The highest BCUT2D eigenvalue weighted by molar-refractivity contribution is 7.98. The van der Waals surface area contributed by atoms with Crippen LogP contribution < -0.4 is 0 Å². The lowest BCUT2D eigenvalue weighted by atomic mass is 9.90. The third-order valence-electron chi connectivity index (χ3n) is 4.84. The Bertz CT molecular complexity index is 881. The van der Waals surface area contributed by atoms with E-state index in [-0.39, 0.29) is 0 Å². The maximum Gasteiger partial charge on any atom is 0.192 e. The highest BCUT2D eigenvalue weighted by atomic mass is 32.2. The molecule has 1 fully saturated rings. The molecule has 1 aliphatic rings. The van der Waals surface area contributed by atoms with Crippen molar-refractivity contribution in [2.75, 3.05) is 0 Å². The average Bonchev–Trinajstić information content (AvgIpc) is 3.35. The van der Waals surface area contributed by atoms with Crippen molar-refractivity contribution in [2.45, 2.75) is 55.5 Å². The smallest absolute Gasteiger partial charge is 0.192 e. The van der Waals surface area contributed by atoms with E-state index in [2.05, 4.69) is 31.7 Å². The second kappa shape index (κ2) is 8.80. The van der Waals surface area contributed by atoms with Crippen LogP contribution in [0.3, 0.4) is 0 Å². The summed E-state index contributed by atoms with van der Waals surface area (Å²) in [6, 6.07) is 3.91. The molecule has 3 aromatic heterocycles. The summed E-state index contributed by atoms with van der Waals surface area (Å²) in [5.74, 6) is 2.33. The Morgan fingerprint density at radius 3 is 2.78 bits per heavy atom. The van der Waals surface area contributed by atoms with Gasteiger partial charge in [-0.3, -0.25) is 9.55 Å². The van der Waals surface area contributed by atoms with E-state index in [0.717, 1.165) is 28.0 Å². The minimum Gasteiger partial charge on any atom is -0.298 e. The fourth-order valence-corrected chi connectivity index (χ4v) is 5.40. The number of hydrogen-bond acceptors (Lipinski definition) is 6. The quantitative estimate of drug-likeness (QED) is 0.399. The van der Waals surface area contributed by atoms with Crippen LogP contribution in [0.4, 0.5) is 0 Å². The van der Waals surface area contributed by atoms with E-state index in [9.17, 15) is 0 Å². The van der Waals surface area contributed by atoms with E-state index in [4.69, 9.17) is 4.98 Å². The van der Waals surface area contributed by atoms with E-state index in [1.807, 2.05) is 29.5 Å². The molecule has 0 atom stereocenters. The zero-order valence-corrected chi connectivity index (χ0v) is 16.9. The van der Waals surface area contributed by atoms with Crippen molar-refractivity contribution < 1.29 is 0 Å². The summed E-state index contributed by atoms with van der Waals surface area (Å²) in [7, 11) is 0. The maximum absolute atomic E-state index is 4.90. The van der Waals surface area contributed by atoms with Crippen LogP contribution in [0.15, 0.2) is 47.7 Å². The molecular formula is C20H23N5S2. The Labute approximate surface area is 168 Å². The molecule has 5 nitrogen and oxygen atoms in total. The average molecular weight is 398 g/mol. The molecule has 140 valence electrons. The van der Waals surface area contributed by atoms with Crippen LogP contribution in [-0.2, 0) is 12.3 Å². The molecule has 3 aromatic rings. The second-order valence-electron chi connectivity index (χ2n) is 6.74. The normalized spacial score (nSPS) is 15.1. The molecule has 3 heterocycles. The summed E-state index contributed by atoms with van der Waals surface area (Å²) >= 11 is 3.50. The van der Waals surface area contributed by atoms with Gasteiger partial charge in [-0.1, -0.05) is 37.1 Å². The lowest BCUT2D eigenvalue weighted by Gasteiger charge is -2.18. The molecule has 27 heavy (non-hydrogen) atoms. The Morgan fingerprint density at radius 2 is 2.00 bits per heavy atom. The largest absolute Gasteiger partial charge is 0.298 e. The molecule has 0 radical (unpaired) electrons. The number of rotatable bonds is 7. The SMILES string of the molecule is C=CCn1c(SCc2csc(C3CCCCC3)n2)nnc1-c1ccncc1. The monoisotopic (exact) mass is 397 g/mol. The van der Waals surface area contributed by atoms with E-state index in [0.29, 0.717) is 12.5 Å². The molecule has 0 N–H and O–H groups in total. The van der Waals surface area contributed by atoms with Crippen LogP contribution in [-0.4, -0.2) is 24.7 Å². The van der Waals surface area contributed by atoms with Gasteiger partial charge >= 0.3 is 0 Å². The first kappa shape index (κ1) is 18.4. The summed E-state index contributed by atoms with van der Waals surface area (Å²) in [5, 5.41) is 13.2. The van der Waals surface area contributed by atoms with Crippen LogP contribution in [0.1, 0.15) is 48.7 Å². The molecule has 0 aromatic carbocycles. The van der Waals surface area contributed by atoms with Crippen LogP contribution in [0.5, 0.6) is 0 Å². The van der Waals surface area contributed by atoms with Crippen molar-refractivity contribution >= 4 is 23.1 Å². The first-order chi connectivity index (χ1) is 13.3. The van der Waals surface area contributed by atoms with Gasteiger partial charge in [-0.2, -0.15) is 0 Å². The molecule has 0 unspecified atom stereocenters. The van der Waals surface area contributed by atoms with Crippen molar-refractivity contribution in [1.29, 1.82) is 0 Å². The minimum absolute atomic E-state index is 0.671. The number of thioether (sulfide) groups is 1. The zero-order valence-electron chi connectivity index (χ0n) is 15.3. The predicted octanol–water partition coefficient (Wildman–Crippen LogP) is 5.32. The lowest BCUT2D eigenvalue weighted by molar-refractivity contribution is 0.442. The van der Waals surface area contributed by atoms with Gasteiger partial charge in [0.2, 0.25) is 0 Å². The molecule has 0 saturated heterocycles.